The van der Waals surface area contributed by atoms with Crippen molar-refractivity contribution in [2.24, 2.45) is 0 Å². The van der Waals surface area contributed by atoms with Gasteiger partial charge >= 0.3 is 12.2 Å². The molecule has 1 aromatic rings. The van der Waals surface area contributed by atoms with E-state index < -0.39 is 5.60 Å². The lowest BCUT2D eigenvalue weighted by molar-refractivity contribution is 0.0527. The summed E-state index contributed by atoms with van der Waals surface area (Å²) in [5.41, 5.74) is 0.554. The summed E-state index contributed by atoms with van der Waals surface area (Å²) in [7, 11) is 0. The fourth-order valence-corrected chi connectivity index (χ4v) is 2.96. The molecular formula is C24H40N2O4. The van der Waals surface area contributed by atoms with Crippen molar-refractivity contribution in [3.63, 3.8) is 0 Å². The first kappa shape index (κ1) is 25.8. The zero-order valence-corrected chi connectivity index (χ0v) is 19.0. The lowest BCUT2D eigenvalue weighted by atomic mass is 10.1. The number of ether oxygens (including phenoxy) is 2. The van der Waals surface area contributed by atoms with Crippen LogP contribution < -0.4 is 10.6 Å². The Bertz CT molecular complexity index is 585. The summed E-state index contributed by atoms with van der Waals surface area (Å²) < 4.78 is 10.4. The normalized spacial score (nSPS) is 11.0. The molecule has 0 unspecified atom stereocenters. The van der Waals surface area contributed by atoms with E-state index in [1.165, 1.54) is 32.1 Å². The molecule has 0 bridgehead atoms. The van der Waals surface area contributed by atoms with Gasteiger partial charge in [-0.25, -0.2) is 9.59 Å². The van der Waals surface area contributed by atoms with Crippen molar-refractivity contribution in [3.05, 3.63) is 35.9 Å². The number of rotatable bonds is 14. The lowest BCUT2D eigenvalue weighted by Gasteiger charge is -2.19. The minimum absolute atomic E-state index is 0.309. The van der Waals surface area contributed by atoms with E-state index in [2.05, 4.69) is 10.6 Å². The van der Waals surface area contributed by atoms with Crippen molar-refractivity contribution in [3.8, 4) is 0 Å². The molecule has 0 aliphatic carbocycles. The summed E-state index contributed by atoms with van der Waals surface area (Å²) in [5.74, 6) is 0. The first-order valence-corrected chi connectivity index (χ1v) is 11.3. The highest BCUT2D eigenvalue weighted by molar-refractivity contribution is 5.67. The van der Waals surface area contributed by atoms with Crippen molar-refractivity contribution in [1.29, 1.82) is 0 Å². The second-order valence-electron chi connectivity index (χ2n) is 8.60. The predicted octanol–water partition coefficient (Wildman–Crippen LogP) is 5.95. The number of alkyl carbamates (subject to hydrolysis) is 2. The van der Waals surface area contributed by atoms with Gasteiger partial charge < -0.3 is 20.1 Å². The van der Waals surface area contributed by atoms with Crippen LogP contribution in [0.25, 0.3) is 0 Å². The Labute approximate surface area is 182 Å². The highest BCUT2D eigenvalue weighted by Gasteiger charge is 2.15. The quantitative estimate of drug-likeness (QED) is 0.365. The molecule has 0 aliphatic heterocycles. The molecule has 0 spiro atoms. The van der Waals surface area contributed by atoms with Crippen molar-refractivity contribution < 1.29 is 19.1 Å². The van der Waals surface area contributed by atoms with E-state index in [0.29, 0.717) is 19.7 Å². The van der Waals surface area contributed by atoms with Gasteiger partial charge in [-0.1, -0.05) is 75.3 Å². The van der Waals surface area contributed by atoms with Crippen molar-refractivity contribution in [1.82, 2.24) is 10.6 Å². The van der Waals surface area contributed by atoms with Gasteiger partial charge in [-0.15, -0.1) is 0 Å². The molecule has 2 amide bonds. The van der Waals surface area contributed by atoms with Gasteiger partial charge in [0.2, 0.25) is 0 Å². The zero-order chi connectivity index (χ0) is 22.1. The number of benzene rings is 1. The molecule has 0 saturated carbocycles. The molecule has 0 saturated heterocycles. The number of amides is 2. The third-order valence-corrected chi connectivity index (χ3v) is 4.50. The zero-order valence-electron chi connectivity index (χ0n) is 19.0. The van der Waals surface area contributed by atoms with Crippen molar-refractivity contribution in [2.75, 3.05) is 13.1 Å². The molecular weight excluding hydrogens is 380 g/mol. The summed E-state index contributed by atoms with van der Waals surface area (Å²) in [6, 6.07) is 9.68. The SMILES string of the molecule is CC(C)(C)OC(=O)NCCCCCCCCCCCNC(=O)OCc1ccccc1. The Morgan fingerprint density at radius 3 is 1.70 bits per heavy atom. The van der Waals surface area contributed by atoms with Gasteiger partial charge in [0.05, 0.1) is 0 Å². The Hall–Kier alpha value is -2.24. The smallest absolute Gasteiger partial charge is 0.407 e. The average Bonchev–Trinajstić information content (AvgIpc) is 2.69. The lowest BCUT2D eigenvalue weighted by Crippen LogP contribution is -2.32. The van der Waals surface area contributed by atoms with Crippen molar-refractivity contribution in [2.45, 2.75) is 90.8 Å². The van der Waals surface area contributed by atoms with Crippen LogP contribution >= 0.6 is 0 Å². The summed E-state index contributed by atoms with van der Waals surface area (Å²) in [6.07, 6.45) is 9.65. The van der Waals surface area contributed by atoms with E-state index in [-0.39, 0.29) is 12.2 Å². The fraction of sp³-hybridized carbons (Fsp3) is 0.667. The molecule has 2 N–H and O–H groups in total. The van der Waals surface area contributed by atoms with Crippen LogP contribution in [0.1, 0.15) is 84.1 Å². The van der Waals surface area contributed by atoms with Gasteiger partial charge in [0.1, 0.15) is 12.2 Å². The van der Waals surface area contributed by atoms with Crippen molar-refractivity contribution >= 4 is 12.2 Å². The van der Waals surface area contributed by atoms with E-state index >= 15 is 0 Å². The highest BCUT2D eigenvalue weighted by Crippen LogP contribution is 2.10. The average molecular weight is 421 g/mol. The maximum Gasteiger partial charge on any atom is 0.407 e. The van der Waals surface area contributed by atoms with Crippen LogP contribution in [0.5, 0.6) is 0 Å². The minimum Gasteiger partial charge on any atom is -0.445 e. The Morgan fingerprint density at radius 1 is 0.733 bits per heavy atom. The Kier molecular flexibility index (Phi) is 13.4. The van der Waals surface area contributed by atoms with Crippen LogP contribution in [0.15, 0.2) is 30.3 Å². The first-order valence-electron chi connectivity index (χ1n) is 11.3. The summed E-state index contributed by atoms with van der Waals surface area (Å²) in [5, 5.41) is 5.60. The van der Waals surface area contributed by atoms with Gasteiger partial charge in [-0.3, -0.25) is 0 Å². The third-order valence-electron chi connectivity index (χ3n) is 4.50. The molecule has 1 rings (SSSR count). The third kappa shape index (κ3) is 15.7. The molecule has 0 aromatic heterocycles. The monoisotopic (exact) mass is 420 g/mol. The second kappa shape index (κ2) is 15.6. The molecule has 0 radical (unpaired) electrons. The van der Waals surface area contributed by atoms with E-state index in [0.717, 1.165) is 31.2 Å². The fourth-order valence-electron chi connectivity index (χ4n) is 2.96. The van der Waals surface area contributed by atoms with E-state index in [9.17, 15) is 9.59 Å². The van der Waals surface area contributed by atoms with Gasteiger partial charge in [0, 0.05) is 13.1 Å². The Balaban J connectivity index is 1.81. The number of unbranched alkanes of at least 4 members (excludes halogenated alkanes) is 8. The van der Waals surface area contributed by atoms with Gasteiger partial charge in [0.25, 0.3) is 0 Å². The number of hydrogen-bond donors (Lipinski definition) is 2. The predicted molar refractivity (Wildman–Crippen MR) is 120 cm³/mol. The minimum atomic E-state index is -0.439. The second-order valence-corrected chi connectivity index (χ2v) is 8.60. The number of nitrogens with one attached hydrogen (secondary N) is 2. The van der Waals surface area contributed by atoms with Crippen LogP contribution in [0.4, 0.5) is 9.59 Å². The highest BCUT2D eigenvalue weighted by atomic mass is 16.6. The molecule has 6 heteroatoms. The largest absolute Gasteiger partial charge is 0.445 e. The van der Waals surface area contributed by atoms with Crippen LogP contribution in [0, 0.1) is 0 Å². The molecule has 0 aliphatic rings. The standard InChI is InChI=1S/C24H40N2O4/c1-24(2,3)30-23(28)26-19-15-10-8-6-4-5-7-9-14-18-25-22(27)29-20-21-16-12-11-13-17-21/h11-13,16-17H,4-10,14-15,18-20H2,1-3H3,(H,25,27)(H,26,28). The Morgan fingerprint density at radius 2 is 1.20 bits per heavy atom. The van der Waals surface area contributed by atoms with Crippen LogP contribution in [0.2, 0.25) is 0 Å². The van der Waals surface area contributed by atoms with Crippen LogP contribution in [-0.2, 0) is 16.1 Å². The van der Waals surface area contributed by atoms with Gasteiger partial charge in [-0.05, 0) is 39.2 Å². The maximum atomic E-state index is 11.6. The molecule has 0 heterocycles. The summed E-state index contributed by atoms with van der Waals surface area (Å²) in [4.78, 5) is 23.1. The molecule has 0 atom stereocenters. The molecule has 0 fully saturated rings. The summed E-state index contributed by atoms with van der Waals surface area (Å²) >= 11 is 0. The van der Waals surface area contributed by atoms with Gasteiger partial charge in [-0.2, -0.15) is 0 Å². The number of carbonyl (C=O) groups is 2. The number of carbonyl (C=O) groups excluding carboxylic acids is 2. The van der Waals surface area contributed by atoms with Crippen LogP contribution in [0.3, 0.4) is 0 Å². The molecule has 1 aromatic carbocycles. The number of hydrogen-bond acceptors (Lipinski definition) is 4. The first-order chi connectivity index (χ1) is 14.4. The van der Waals surface area contributed by atoms with E-state index in [1.54, 1.807) is 0 Å². The topological polar surface area (TPSA) is 76.7 Å². The molecule has 30 heavy (non-hydrogen) atoms. The van der Waals surface area contributed by atoms with Crippen LogP contribution in [-0.4, -0.2) is 30.9 Å². The molecule has 170 valence electrons. The summed E-state index contributed by atoms with van der Waals surface area (Å²) in [6.45, 7) is 7.25. The van der Waals surface area contributed by atoms with E-state index in [1.807, 2.05) is 51.1 Å². The van der Waals surface area contributed by atoms with Gasteiger partial charge in [0.15, 0.2) is 0 Å². The van der Waals surface area contributed by atoms with E-state index in [4.69, 9.17) is 9.47 Å². The maximum absolute atomic E-state index is 11.6. The molecule has 6 nitrogen and oxygen atoms in total.